The number of rotatable bonds is 4. The Hall–Kier alpha value is -2.97. The first-order valence-electron chi connectivity index (χ1n) is 11.2. The summed E-state index contributed by atoms with van der Waals surface area (Å²) in [4.78, 5) is 32.9. The molecule has 33 heavy (non-hydrogen) atoms. The van der Waals surface area contributed by atoms with Gasteiger partial charge in [0.1, 0.15) is 12.4 Å². The van der Waals surface area contributed by atoms with Gasteiger partial charge in [-0.2, -0.15) is 0 Å². The van der Waals surface area contributed by atoms with Crippen molar-refractivity contribution >= 4 is 17.5 Å². The predicted molar refractivity (Wildman–Crippen MR) is 127 cm³/mol. The Morgan fingerprint density at radius 3 is 2.61 bits per heavy atom. The van der Waals surface area contributed by atoms with Crippen LogP contribution in [0, 0.1) is 5.92 Å². The molecule has 8 heteroatoms. The molecule has 2 heterocycles. The van der Waals surface area contributed by atoms with Crippen LogP contribution in [0.4, 0.5) is 5.69 Å². The van der Waals surface area contributed by atoms with Gasteiger partial charge in [-0.25, -0.2) is 0 Å². The summed E-state index contributed by atoms with van der Waals surface area (Å²) in [6, 6.07) is 9.24. The van der Waals surface area contributed by atoms with E-state index in [0.29, 0.717) is 30.2 Å². The molecule has 0 spiro atoms. The Balaban J connectivity index is 1.94. The van der Waals surface area contributed by atoms with Gasteiger partial charge in [-0.15, -0.1) is 0 Å². The lowest BCUT2D eigenvalue weighted by Crippen LogP contribution is -2.46. The number of ether oxygens (including phenoxy) is 2. The van der Waals surface area contributed by atoms with Crippen molar-refractivity contribution in [3.63, 3.8) is 0 Å². The highest BCUT2D eigenvalue weighted by Gasteiger charge is 2.28. The predicted octanol–water partition coefficient (Wildman–Crippen LogP) is 3.05. The van der Waals surface area contributed by atoms with Crippen molar-refractivity contribution in [2.45, 2.75) is 39.5 Å². The molecule has 0 saturated carbocycles. The van der Waals surface area contributed by atoms with Gasteiger partial charge in [-0.05, 0) is 42.7 Å². The van der Waals surface area contributed by atoms with Crippen molar-refractivity contribution in [2.75, 3.05) is 39.2 Å². The molecule has 1 aliphatic rings. The van der Waals surface area contributed by atoms with E-state index in [1.165, 1.54) is 12.5 Å². The second kappa shape index (κ2) is 11.2. The van der Waals surface area contributed by atoms with Crippen molar-refractivity contribution in [3.8, 4) is 5.75 Å². The third-order valence-corrected chi connectivity index (χ3v) is 6.03. The summed E-state index contributed by atoms with van der Waals surface area (Å²) >= 11 is 0. The van der Waals surface area contributed by atoms with E-state index in [1.54, 1.807) is 49.7 Å². The third kappa shape index (κ3) is 6.52. The summed E-state index contributed by atoms with van der Waals surface area (Å²) in [6.45, 7) is 8.10. The molecule has 8 nitrogen and oxygen atoms in total. The van der Waals surface area contributed by atoms with E-state index in [-0.39, 0.29) is 29.9 Å². The summed E-state index contributed by atoms with van der Waals surface area (Å²) < 4.78 is 12.0. The Morgan fingerprint density at radius 2 is 1.94 bits per heavy atom. The highest BCUT2D eigenvalue weighted by atomic mass is 16.5. The quantitative estimate of drug-likeness (QED) is 0.765. The summed E-state index contributed by atoms with van der Waals surface area (Å²) in [7, 11) is 3.47. The average Bonchev–Trinajstić information content (AvgIpc) is 2.79. The van der Waals surface area contributed by atoms with Crippen LogP contribution >= 0.6 is 0 Å². The number of hydrogen-bond donors (Lipinski definition) is 1. The van der Waals surface area contributed by atoms with E-state index in [1.807, 2.05) is 12.1 Å². The fourth-order valence-electron chi connectivity index (χ4n) is 4.07. The normalized spacial score (nSPS) is 22.5. The average molecular weight is 455 g/mol. The largest absolute Gasteiger partial charge is 0.491 e. The van der Waals surface area contributed by atoms with Gasteiger partial charge in [0.15, 0.2) is 0 Å². The first-order valence-corrected chi connectivity index (χ1v) is 11.2. The number of nitrogens with one attached hydrogen (secondary N) is 1. The Labute approximate surface area is 195 Å². The number of carbonyl (C=O) groups is 2. The van der Waals surface area contributed by atoms with E-state index < -0.39 is 0 Å². The number of likely N-dealkylation sites (N-methyl/N-ethyl adjacent to an activating group) is 1. The number of nitrogens with zero attached hydrogens (tertiary/aromatic N) is 3. The van der Waals surface area contributed by atoms with Crippen molar-refractivity contribution < 1.29 is 19.1 Å². The number of hydrogen-bond acceptors (Lipinski definition) is 6. The molecule has 0 radical (unpaired) electrons. The number of aromatic nitrogens is 1. The lowest BCUT2D eigenvalue weighted by atomic mass is 10.0. The second-order valence-corrected chi connectivity index (χ2v) is 8.77. The number of benzene rings is 1. The number of anilines is 1. The van der Waals surface area contributed by atoms with E-state index in [2.05, 4.69) is 29.0 Å². The van der Waals surface area contributed by atoms with Crippen LogP contribution in [0.25, 0.3) is 0 Å². The Morgan fingerprint density at radius 1 is 1.21 bits per heavy atom. The molecular weight excluding hydrogens is 420 g/mol. The minimum Gasteiger partial charge on any atom is -0.491 e. The van der Waals surface area contributed by atoms with E-state index in [4.69, 9.17) is 9.47 Å². The molecule has 1 aliphatic heterocycles. The van der Waals surface area contributed by atoms with E-state index in [0.717, 1.165) is 13.1 Å². The Kier molecular flexibility index (Phi) is 8.41. The molecule has 3 atom stereocenters. The number of methoxy groups -OCH3 is 1. The highest BCUT2D eigenvalue weighted by molar-refractivity contribution is 5.98. The maximum atomic E-state index is 13.2. The topological polar surface area (TPSA) is 84.0 Å². The standard InChI is InChI=1S/C25H34N4O4/c1-17-13-29(14-20-8-10-26-11-9-20)18(2)16-33-23-12-21(27-19(3)30)6-7-22(23)25(31)28(4)15-24(17)32-5/h6-12,17-18,24H,13-16H2,1-5H3,(H,27,30)/t17-,18-,24+/m1/s1. The molecule has 3 rings (SSSR count). The molecule has 1 aromatic carbocycles. The zero-order chi connectivity index (χ0) is 24.0. The van der Waals surface area contributed by atoms with Crippen molar-refractivity contribution in [1.29, 1.82) is 0 Å². The summed E-state index contributed by atoms with van der Waals surface area (Å²) in [5.74, 6) is 0.322. The maximum Gasteiger partial charge on any atom is 0.257 e. The van der Waals surface area contributed by atoms with Gasteiger partial charge >= 0.3 is 0 Å². The molecule has 0 fully saturated rings. The van der Waals surface area contributed by atoms with Crippen molar-refractivity contribution in [1.82, 2.24) is 14.8 Å². The summed E-state index contributed by atoms with van der Waals surface area (Å²) in [6.07, 6.45) is 3.48. The minimum atomic E-state index is -0.180. The smallest absolute Gasteiger partial charge is 0.257 e. The van der Waals surface area contributed by atoms with Crippen LogP contribution < -0.4 is 10.1 Å². The van der Waals surface area contributed by atoms with Crippen LogP contribution in [0.1, 0.15) is 36.7 Å². The zero-order valence-corrected chi connectivity index (χ0v) is 20.1. The minimum absolute atomic E-state index is 0.0719. The van der Waals surface area contributed by atoms with Gasteiger partial charge in [0, 0.05) is 70.9 Å². The molecule has 2 aromatic rings. The van der Waals surface area contributed by atoms with Gasteiger partial charge in [0.25, 0.3) is 5.91 Å². The summed E-state index contributed by atoms with van der Waals surface area (Å²) in [5.41, 5.74) is 2.22. The molecule has 1 N–H and O–H groups in total. The summed E-state index contributed by atoms with van der Waals surface area (Å²) in [5, 5.41) is 2.76. The van der Waals surface area contributed by atoms with E-state index >= 15 is 0 Å². The number of carbonyl (C=O) groups excluding carboxylic acids is 2. The molecule has 0 unspecified atom stereocenters. The number of fused-ring (bicyclic) bond motifs is 1. The lowest BCUT2D eigenvalue weighted by Gasteiger charge is -2.36. The first-order chi connectivity index (χ1) is 15.8. The van der Waals surface area contributed by atoms with Gasteiger partial charge in [0.05, 0.1) is 11.7 Å². The van der Waals surface area contributed by atoms with Crippen LogP contribution in [0.5, 0.6) is 5.75 Å². The first kappa shape index (κ1) is 24.7. The fourth-order valence-corrected chi connectivity index (χ4v) is 4.07. The second-order valence-electron chi connectivity index (χ2n) is 8.77. The molecule has 0 aliphatic carbocycles. The van der Waals surface area contributed by atoms with Crippen LogP contribution in [-0.4, -0.2) is 72.6 Å². The number of pyridine rings is 1. The van der Waals surface area contributed by atoms with Gasteiger partial charge in [-0.1, -0.05) is 6.92 Å². The van der Waals surface area contributed by atoms with Crippen molar-refractivity contribution in [2.24, 2.45) is 5.92 Å². The monoisotopic (exact) mass is 454 g/mol. The maximum absolute atomic E-state index is 13.2. The SMILES string of the molecule is CO[C@H]1CN(C)C(=O)c2ccc(NC(C)=O)cc2OC[C@@H](C)N(Cc2ccncc2)C[C@H]1C. The lowest BCUT2D eigenvalue weighted by molar-refractivity contribution is -0.114. The fraction of sp³-hybridized carbons (Fsp3) is 0.480. The van der Waals surface area contributed by atoms with Gasteiger partial charge in [-0.3, -0.25) is 19.5 Å². The number of amides is 2. The zero-order valence-electron chi connectivity index (χ0n) is 20.1. The molecule has 0 saturated heterocycles. The van der Waals surface area contributed by atoms with E-state index in [9.17, 15) is 9.59 Å². The molecular formula is C25H34N4O4. The van der Waals surface area contributed by atoms with Crippen molar-refractivity contribution in [3.05, 3.63) is 53.9 Å². The van der Waals surface area contributed by atoms with Gasteiger partial charge < -0.3 is 19.7 Å². The highest BCUT2D eigenvalue weighted by Crippen LogP contribution is 2.27. The van der Waals surface area contributed by atoms with Crippen LogP contribution in [0.15, 0.2) is 42.7 Å². The molecule has 178 valence electrons. The third-order valence-electron chi connectivity index (χ3n) is 6.03. The van der Waals surface area contributed by atoms with Crippen LogP contribution in [0.3, 0.4) is 0 Å². The van der Waals surface area contributed by atoms with Crippen LogP contribution in [-0.2, 0) is 16.1 Å². The Bertz CT molecular complexity index is 953. The molecule has 0 bridgehead atoms. The molecule has 2 amide bonds. The van der Waals surface area contributed by atoms with Gasteiger partial charge in [0.2, 0.25) is 5.91 Å². The molecule has 1 aromatic heterocycles. The van der Waals surface area contributed by atoms with Crippen LogP contribution in [0.2, 0.25) is 0 Å².